The summed E-state index contributed by atoms with van der Waals surface area (Å²) in [5, 5.41) is 12.4. The molecular weight excluding hydrogens is 157 g/mol. The maximum absolute atomic E-state index is 11.4. The number of rotatable bonds is 0. The smallest absolute Gasteiger partial charge is 0.868 e. The fourth-order valence-corrected chi connectivity index (χ4v) is 1.40. The van der Waals surface area contributed by atoms with Gasteiger partial charge in [-0.25, -0.2) is 4.57 Å². The fraction of sp³-hybridized carbons (Fsp3) is 0.100. The van der Waals surface area contributed by atoms with Gasteiger partial charge in [-0.1, -0.05) is 12.1 Å². The molecule has 2 aromatic rings. The Balaban J connectivity index is 0.000000845. The molecule has 0 radical (unpaired) electrons. The van der Waals surface area contributed by atoms with Crippen molar-refractivity contribution in [2.45, 2.75) is 0 Å². The quantitative estimate of drug-likeness (QED) is 0.320. The van der Waals surface area contributed by atoms with Crippen molar-refractivity contribution in [2.75, 3.05) is 0 Å². The molecular formula is C10H9LiNO+. The SMILES string of the molecule is C[n+]1cccc2cccc([O-])c21.[Li+]. The molecule has 0 N–H and O–H groups in total. The van der Waals surface area contributed by atoms with Crippen molar-refractivity contribution in [1.29, 1.82) is 0 Å². The van der Waals surface area contributed by atoms with Gasteiger partial charge in [0.15, 0.2) is 6.20 Å². The second-order valence-electron chi connectivity index (χ2n) is 2.81. The van der Waals surface area contributed by atoms with Crippen LogP contribution in [0.2, 0.25) is 0 Å². The summed E-state index contributed by atoms with van der Waals surface area (Å²) in [5.41, 5.74) is 0.764. The molecule has 2 rings (SSSR count). The van der Waals surface area contributed by atoms with Crippen molar-refractivity contribution in [3.05, 3.63) is 36.5 Å². The number of para-hydroxylation sites is 1. The van der Waals surface area contributed by atoms with E-state index in [2.05, 4.69) is 0 Å². The van der Waals surface area contributed by atoms with E-state index < -0.39 is 0 Å². The molecule has 0 saturated carbocycles. The second kappa shape index (κ2) is 3.82. The number of nitrogens with zero attached hydrogens (tertiary/aromatic N) is 1. The number of hydrogen-bond donors (Lipinski definition) is 0. The van der Waals surface area contributed by atoms with E-state index in [1.807, 2.05) is 36.0 Å². The van der Waals surface area contributed by atoms with E-state index in [-0.39, 0.29) is 24.6 Å². The van der Waals surface area contributed by atoms with Gasteiger partial charge in [-0.05, 0) is 17.9 Å². The van der Waals surface area contributed by atoms with E-state index in [0.717, 1.165) is 10.9 Å². The molecule has 1 aromatic carbocycles. The zero-order valence-electron chi connectivity index (χ0n) is 7.82. The van der Waals surface area contributed by atoms with Gasteiger partial charge in [0.2, 0.25) is 5.52 Å². The first kappa shape index (κ1) is 10.1. The van der Waals surface area contributed by atoms with Gasteiger partial charge in [0, 0.05) is 11.5 Å². The Kier molecular flexibility index (Phi) is 2.97. The standard InChI is InChI=1S/C10H9NO.Li/c1-11-7-3-5-8-4-2-6-9(12)10(8)11;/h2-7H,1H3;/q;+1. The van der Waals surface area contributed by atoms with Gasteiger partial charge >= 0.3 is 18.9 Å². The van der Waals surface area contributed by atoms with Crippen LogP contribution in [0, 0.1) is 0 Å². The number of aryl methyl sites for hydroxylation is 1. The second-order valence-corrected chi connectivity index (χ2v) is 2.81. The van der Waals surface area contributed by atoms with E-state index in [1.165, 1.54) is 0 Å². The van der Waals surface area contributed by atoms with E-state index in [4.69, 9.17) is 0 Å². The van der Waals surface area contributed by atoms with Gasteiger partial charge in [-0.3, -0.25) is 0 Å². The van der Waals surface area contributed by atoms with E-state index in [0.29, 0.717) is 0 Å². The number of hydrogen-bond acceptors (Lipinski definition) is 1. The molecule has 0 aliphatic heterocycles. The minimum atomic E-state index is 0. The van der Waals surface area contributed by atoms with Crippen molar-refractivity contribution in [3.63, 3.8) is 0 Å². The molecule has 0 spiro atoms. The number of benzene rings is 1. The van der Waals surface area contributed by atoms with Crippen LogP contribution in [-0.4, -0.2) is 0 Å². The minimum absolute atomic E-state index is 0. The average molecular weight is 166 g/mol. The number of fused-ring (bicyclic) bond motifs is 1. The minimum Gasteiger partial charge on any atom is -0.868 e. The molecule has 3 heteroatoms. The van der Waals surface area contributed by atoms with E-state index in [1.54, 1.807) is 12.1 Å². The molecule has 1 aromatic heterocycles. The summed E-state index contributed by atoms with van der Waals surface area (Å²) in [7, 11) is 1.88. The summed E-state index contributed by atoms with van der Waals surface area (Å²) >= 11 is 0. The Morgan fingerprint density at radius 2 is 1.85 bits per heavy atom. The van der Waals surface area contributed by atoms with Crippen LogP contribution in [0.5, 0.6) is 5.75 Å². The molecule has 60 valence electrons. The van der Waals surface area contributed by atoms with Crippen LogP contribution in [0.3, 0.4) is 0 Å². The third kappa shape index (κ3) is 1.69. The van der Waals surface area contributed by atoms with Crippen LogP contribution in [0.25, 0.3) is 10.9 Å². The van der Waals surface area contributed by atoms with Gasteiger partial charge in [-0.2, -0.15) is 0 Å². The molecule has 0 saturated heterocycles. The Hall–Kier alpha value is -0.973. The molecule has 1 heterocycles. The van der Waals surface area contributed by atoms with E-state index in [9.17, 15) is 5.11 Å². The zero-order valence-corrected chi connectivity index (χ0v) is 7.82. The first-order chi connectivity index (χ1) is 5.79. The van der Waals surface area contributed by atoms with Gasteiger partial charge in [0.05, 0.1) is 0 Å². The van der Waals surface area contributed by atoms with Crippen molar-refractivity contribution in [1.82, 2.24) is 0 Å². The third-order valence-corrected chi connectivity index (χ3v) is 1.97. The monoisotopic (exact) mass is 166 g/mol. The molecule has 0 amide bonds. The Morgan fingerprint density at radius 3 is 2.54 bits per heavy atom. The van der Waals surface area contributed by atoms with Crippen LogP contribution in [0.15, 0.2) is 36.5 Å². The summed E-state index contributed by atoms with van der Waals surface area (Å²) in [4.78, 5) is 0. The van der Waals surface area contributed by atoms with Crippen LogP contribution in [0.1, 0.15) is 0 Å². The predicted molar refractivity (Wildman–Crippen MR) is 44.6 cm³/mol. The normalized spacial score (nSPS) is 9.62. The summed E-state index contributed by atoms with van der Waals surface area (Å²) in [6.07, 6.45) is 1.88. The van der Waals surface area contributed by atoms with Gasteiger partial charge in [0.1, 0.15) is 7.05 Å². The Labute approximate surface area is 89.0 Å². The van der Waals surface area contributed by atoms with Crippen molar-refractivity contribution in [3.8, 4) is 5.75 Å². The van der Waals surface area contributed by atoms with Crippen molar-refractivity contribution >= 4 is 10.9 Å². The molecule has 0 aliphatic rings. The topological polar surface area (TPSA) is 26.9 Å². The largest absolute Gasteiger partial charge is 1.00 e. The number of aromatic nitrogens is 1. The maximum atomic E-state index is 11.4. The van der Waals surface area contributed by atoms with Crippen molar-refractivity contribution in [2.24, 2.45) is 7.05 Å². The Bertz CT molecular complexity index is 391. The molecule has 0 aliphatic carbocycles. The van der Waals surface area contributed by atoms with Crippen LogP contribution >= 0.6 is 0 Å². The molecule has 13 heavy (non-hydrogen) atoms. The summed E-state index contributed by atoms with van der Waals surface area (Å²) in [5.74, 6) is 0.0793. The van der Waals surface area contributed by atoms with Crippen molar-refractivity contribution < 1.29 is 28.5 Å². The number of pyridine rings is 1. The summed E-state index contributed by atoms with van der Waals surface area (Å²) in [6.45, 7) is 0. The van der Waals surface area contributed by atoms with Gasteiger partial charge in [0.25, 0.3) is 0 Å². The molecule has 0 fully saturated rings. The van der Waals surface area contributed by atoms with Gasteiger partial charge in [-0.15, -0.1) is 0 Å². The summed E-state index contributed by atoms with van der Waals surface area (Å²) < 4.78 is 1.84. The fourth-order valence-electron chi connectivity index (χ4n) is 1.40. The Morgan fingerprint density at radius 1 is 1.15 bits per heavy atom. The van der Waals surface area contributed by atoms with Crippen LogP contribution in [0.4, 0.5) is 0 Å². The van der Waals surface area contributed by atoms with Gasteiger partial charge < -0.3 is 5.11 Å². The first-order valence-electron chi connectivity index (χ1n) is 3.83. The van der Waals surface area contributed by atoms with E-state index >= 15 is 0 Å². The third-order valence-electron chi connectivity index (χ3n) is 1.97. The average Bonchev–Trinajstić information content (AvgIpc) is 2.04. The van der Waals surface area contributed by atoms with Crippen LogP contribution in [-0.2, 0) is 7.05 Å². The maximum Gasteiger partial charge on any atom is 1.00 e. The van der Waals surface area contributed by atoms with Crippen LogP contribution < -0.4 is 28.5 Å². The molecule has 0 bridgehead atoms. The predicted octanol–water partition coefficient (Wildman–Crippen LogP) is -2.26. The molecule has 2 nitrogen and oxygen atoms in total. The zero-order chi connectivity index (χ0) is 8.55. The summed E-state index contributed by atoms with van der Waals surface area (Å²) in [6, 6.07) is 9.18. The molecule has 0 unspecified atom stereocenters. The first-order valence-corrected chi connectivity index (χ1v) is 3.83. The molecule has 0 atom stereocenters.